The lowest BCUT2D eigenvalue weighted by molar-refractivity contribution is 0.859. The highest BCUT2D eigenvalue weighted by Crippen LogP contribution is 2.03. The third-order valence-corrected chi connectivity index (χ3v) is 1.55. The highest BCUT2D eigenvalue weighted by molar-refractivity contribution is 5.25. The molecular formula is C10H17N. The maximum Gasteiger partial charge on any atom is 0.0225 e. The quantitative estimate of drug-likeness (QED) is 0.616. The van der Waals surface area contributed by atoms with Gasteiger partial charge in [-0.3, -0.25) is 0 Å². The molecule has 0 bridgehead atoms. The summed E-state index contributed by atoms with van der Waals surface area (Å²) in [6.45, 7) is 9.66. The van der Waals surface area contributed by atoms with Crippen LogP contribution < -0.4 is 5.73 Å². The average Bonchev–Trinajstić information content (AvgIpc) is 1.87. The van der Waals surface area contributed by atoms with Gasteiger partial charge in [0.05, 0.1) is 0 Å². The van der Waals surface area contributed by atoms with Crippen molar-refractivity contribution in [1.29, 1.82) is 0 Å². The number of nitrogens with two attached hydrogens (primary N) is 1. The Labute approximate surface area is 69.3 Å². The first-order chi connectivity index (χ1) is 5.07. The largest absolute Gasteiger partial charge is 0.324 e. The van der Waals surface area contributed by atoms with Gasteiger partial charge in [0, 0.05) is 6.04 Å². The minimum absolute atomic E-state index is 0.142. The molecule has 0 aromatic heterocycles. The van der Waals surface area contributed by atoms with Gasteiger partial charge in [-0.1, -0.05) is 36.0 Å². The van der Waals surface area contributed by atoms with Crippen LogP contribution in [0.15, 0.2) is 36.0 Å². The highest BCUT2D eigenvalue weighted by atomic mass is 14.6. The molecule has 0 fully saturated rings. The fourth-order valence-electron chi connectivity index (χ4n) is 0.725. The standard InChI is InChI=1S/C10H17N/c1-5-6-8(2)7-9(3)10(4)11/h5-7,10H,1,11H2,2-4H3. The summed E-state index contributed by atoms with van der Waals surface area (Å²) in [6, 6.07) is 0.142. The summed E-state index contributed by atoms with van der Waals surface area (Å²) in [6.07, 6.45) is 5.82. The van der Waals surface area contributed by atoms with Crippen molar-refractivity contribution in [3.63, 3.8) is 0 Å². The van der Waals surface area contributed by atoms with Crippen molar-refractivity contribution in [2.75, 3.05) is 0 Å². The second-order valence-electron chi connectivity index (χ2n) is 2.82. The van der Waals surface area contributed by atoms with Crippen molar-refractivity contribution in [3.05, 3.63) is 36.0 Å². The molecule has 0 aromatic carbocycles. The number of rotatable bonds is 3. The summed E-state index contributed by atoms with van der Waals surface area (Å²) in [5, 5.41) is 0. The number of hydrogen-bond donors (Lipinski definition) is 1. The van der Waals surface area contributed by atoms with Crippen LogP contribution in [0.3, 0.4) is 0 Å². The van der Waals surface area contributed by atoms with E-state index in [0.29, 0.717) is 0 Å². The Bertz CT molecular complexity index is 185. The van der Waals surface area contributed by atoms with E-state index in [-0.39, 0.29) is 6.04 Å². The number of hydrogen-bond acceptors (Lipinski definition) is 1. The minimum atomic E-state index is 0.142. The fourth-order valence-corrected chi connectivity index (χ4v) is 0.725. The molecule has 0 radical (unpaired) electrons. The Morgan fingerprint density at radius 1 is 1.45 bits per heavy atom. The van der Waals surface area contributed by atoms with Gasteiger partial charge in [0.2, 0.25) is 0 Å². The predicted octanol–water partition coefficient (Wildman–Crippen LogP) is 2.41. The normalized spacial score (nSPS) is 16.4. The molecule has 0 rings (SSSR count). The molecule has 0 amide bonds. The van der Waals surface area contributed by atoms with Crippen molar-refractivity contribution in [2.24, 2.45) is 5.73 Å². The maximum absolute atomic E-state index is 5.66. The summed E-state index contributed by atoms with van der Waals surface area (Å²) in [5.74, 6) is 0. The Morgan fingerprint density at radius 3 is 2.36 bits per heavy atom. The van der Waals surface area contributed by atoms with Crippen LogP contribution in [-0.2, 0) is 0 Å². The van der Waals surface area contributed by atoms with Crippen LogP contribution in [0.2, 0.25) is 0 Å². The van der Waals surface area contributed by atoms with Gasteiger partial charge in [-0.15, -0.1) is 0 Å². The van der Waals surface area contributed by atoms with Crippen LogP contribution in [0.4, 0.5) is 0 Å². The van der Waals surface area contributed by atoms with E-state index >= 15 is 0 Å². The molecule has 0 saturated carbocycles. The zero-order chi connectivity index (χ0) is 8.85. The van der Waals surface area contributed by atoms with Gasteiger partial charge in [0.25, 0.3) is 0 Å². The van der Waals surface area contributed by atoms with Gasteiger partial charge >= 0.3 is 0 Å². The average molecular weight is 151 g/mol. The summed E-state index contributed by atoms with van der Waals surface area (Å²) in [4.78, 5) is 0. The molecule has 0 spiro atoms. The molecule has 2 N–H and O–H groups in total. The molecule has 1 unspecified atom stereocenters. The van der Waals surface area contributed by atoms with Crippen molar-refractivity contribution in [2.45, 2.75) is 26.8 Å². The summed E-state index contributed by atoms with van der Waals surface area (Å²) < 4.78 is 0. The third-order valence-electron chi connectivity index (χ3n) is 1.55. The maximum atomic E-state index is 5.66. The van der Waals surface area contributed by atoms with Crippen molar-refractivity contribution < 1.29 is 0 Å². The lowest BCUT2D eigenvalue weighted by Crippen LogP contribution is -2.15. The van der Waals surface area contributed by atoms with Crippen LogP contribution in [0, 0.1) is 0 Å². The van der Waals surface area contributed by atoms with Gasteiger partial charge in [-0.2, -0.15) is 0 Å². The van der Waals surface area contributed by atoms with E-state index in [1.807, 2.05) is 26.8 Å². The highest BCUT2D eigenvalue weighted by Gasteiger charge is 1.94. The van der Waals surface area contributed by atoms with Crippen LogP contribution in [-0.4, -0.2) is 6.04 Å². The Hall–Kier alpha value is -0.820. The molecule has 62 valence electrons. The lowest BCUT2D eigenvalue weighted by atomic mass is 10.1. The first-order valence-electron chi connectivity index (χ1n) is 3.81. The van der Waals surface area contributed by atoms with Crippen LogP contribution in [0.5, 0.6) is 0 Å². The molecule has 1 nitrogen and oxygen atoms in total. The first kappa shape index (κ1) is 10.2. The predicted molar refractivity (Wildman–Crippen MR) is 51.4 cm³/mol. The van der Waals surface area contributed by atoms with Gasteiger partial charge < -0.3 is 5.73 Å². The van der Waals surface area contributed by atoms with Gasteiger partial charge in [0.1, 0.15) is 0 Å². The van der Waals surface area contributed by atoms with Crippen molar-refractivity contribution in [1.82, 2.24) is 0 Å². The van der Waals surface area contributed by atoms with E-state index in [1.54, 1.807) is 6.08 Å². The third kappa shape index (κ3) is 4.57. The van der Waals surface area contributed by atoms with E-state index in [2.05, 4.69) is 12.7 Å². The summed E-state index contributed by atoms with van der Waals surface area (Å²) in [7, 11) is 0. The van der Waals surface area contributed by atoms with Gasteiger partial charge in [-0.25, -0.2) is 0 Å². The molecule has 0 aliphatic carbocycles. The van der Waals surface area contributed by atoms with Gasteiger partial charge in [-0.05, 0) is 20.8 Å². The first-order valence-corrected chi connectivity index (χ1v) is 3.81. The van der Waals surface area contributed by atoms with E-state index in [1.165, 1.54) is 11.1 Å². The van der Waals surface area contributed by atoms with E-state index < -0.39 is 0 Å². The zero-order valence-electron chi connectivity index (χ0n) is 7.59. The van der Waals surface area contributed by atoms with Crippen LogP contribution in [0.1, 0.15) is 20.8 Å². The Balaban J connectivity index is 4.30. The monoisotopic (exact) mass is 151 g/mol. The molecule has 0 aliphatic heterocycles. The Kier molecular flexibility index (Phi) is 4.55. The van der Waals surface area contributed by atoms with Gasteiger partial charge in [0.15, 0.2) is 0 Å². The summed E-state index contributed by atoms with van der Waals surface area (Å²) in [5.41, 5.74) is 8.04. The fraction of sp³-hybridized carbons (Fsp3) is 0.400. The van der Waals surface area contributed by atoms with E-state index in [9.17, 15) is 0 Å². The lowest BCUT2D eigenvalue weighted by Gasteiger charge is -2.04. The zero-order valence-corrected chi connectivity index (χ0v) is 7.59. The summed E-state index contributed by atoms with van der Waals surface area (Å²) >= 11 is 0. The smallest absolute Gasteiger partial charge is 0.0225 e. The molecule has 0 heterocycles. The molecular weight excluding hydrogens is 134 g/mol. The molecule has 1 heteroatoms. The SMILES string of the molecule is C=CC=C(C)C=C(C)C(C)N. The second-order valence-corrected chi connectivity index (χ2v) is 2.82. The topological polar surface area (TPSA) is 26.0 Å². The number of allylic oxidation sites excluding steroid dienone is 4. The second kappa shape index (κ2) is 4.91. The Morgan fingerprint density at radius 2 is 2.00 bits per heavy atom. The molecule has 1 atom stereocenters. The van der Waals surface area contributed by atoms with E-state index in [0.717, 1.165) is 0 Å². The molecule has 0 aliphatic rings. The molecule has 11 heavy (non-hydrogen) atoms. The van der Waals surface area contributed by atoms with Crippen LogP contribution >= 0.6 is 0 Å². The molecule has 0 saturated heterocycles. The van der Waals surface area contributed by atoms with Crippen LogP contribution in [0.25, 0.3) is 0 Å². The van der Waals surface area contributed by atoms with Crippen molar-refractivity contribution in [3.8, 4) is 0 Å². The minimum Gasteiger partial charge on any atom is -0.324 e. The molecule has 0 aromatic rings. The van der Waals surface area contributed by atoms with E-state index in [4.69, 9.17) is 5.73 Å². The van der Waals surface area contributed by atoms with Crippen molar-refractivity contribution >= 4 is 0 Å².